The molecule has 1 N–H and O–H groups in total. The zero-order chi connectivity index (χ0) is 19.2. The molecule has 1 heterocycles. The molecule has 0 saturated carbocycles. The third kappa shape index (κ3) is 6.39. The number of methoxy groups -OCH3 is 1. The van der Waals surface area contributed by atoms with Gasteiger partial charge in [-0.15, -0.1) is 0 Å². The minimum Gasteiger partial charge on any atom is -0.383 e. The molecule has 0 spiro atoms. The van der Waals surface area contributed by atoms with Gasteiger partial charge in [-0.05, 0) is 50.6 Å². The first-order chi connectivity index (χ1) is 12.3. The zero-order valence-electron chi connectivity index (χ0n) is 16.0. The third-order valence-corrected chi connectivity index (χ3v) is 4.09. The monoisotopic (exact) mass is 377 g/mol. The Morgan fingerprint density at radius 1 is 1.27 bits per heavy atom. The van der Waals surface area contributed by atoms with Crippen molar-refractivity contribution in [1.29, 1.82) is 0 Å². The van der Waals surface area contributed by atoms with E-state index in [-0.39, 0.29) is 11.6 Å². The lowest BCUT2D eigenvalue weighted by Crippen LogP contribution is -2.49. The fourth-order valence-corrected chi connectivity index (χ4v) is 2.84. The quantitative estimate of drug-likeness (QED) is 0.788. The van der Waals surface area contributed by atoms with Crippen molar-refractivity contribution in [1.82, 2.24) is 14.8 Å². The van der Waals surface area contributed by atoms with E-state index in [0.717, 1.165) is 16.3 Å². The Labute approximate surface area is 160 Å². The molecule has 2 amide bonds. The third-order valence-electron chi connectivity index (χ3n) is 3.85. The topological polar surface area (TPSA) is 46.5 Å². The average Bonchev–Trinajstić information content (AvgIpc) is 2.96. The molecule has 1 aromatic carbocycles. The van der Waals surface area contributed by atoms with Crippen LogP contribution in [0.25, 0.3) is 0 Å². The van der Waals surface area contributed by atoms with Gasteiger partial charge in [0.2, 0.25) is 0 Å². The van der Waals surface area contributed by atoms with Gasteiger partial charge >= 0.3 is 6.03 Å². The van der Waals surface area contributed by atoms with E-state index in [4.69, 9.17) is 16.3 Å². The molecule has 0 aliphatic heterocycles. The fraction of sp³-hybridized carbons (Fsp3) is 0.450. The second-order valence-electron chi connectivity index (χ2n) is 7.35. The molecule has 2 rings (SSSR count). The molecule has 0 saturated heterocycles. The van der Waals surface area contributed by atoms with Crippen LogP contribution in [0.1, 0.15) is 32.0 Å². The van der Waals surface area contributed by atoms with Crippen LogP contribution in [0.15, 0.2) is 42.6 Å². The molecule has 142 valence electrons. The van der Waals surface area contributed by atoms with Crippen molar-refractivity contribution in [2.24, 2.45) is 0 Å². The molecule has 0 atom stereocenters. The van der Waals surface area contributed by atoms with Crippen LogP contribution in [0.3, 0.4) is 0 Å². The van der Waals surface area contributed by atoms with Gasteiger partial charge in [0.15, 0.2) is 0 Å². The zero-order valence-corrected chi connectivity index (χ0v) is 16.7. The summed E-state index contributed by atoms with van der Waals surface area (Å²) in [4.78, 5) is 14.4. The van der Waals surface area contributed by atoms with Crippen molar-refractivity contribution in [2.45, 2.75) is 39.4 Å². The Bertz CT molecular complexity index is 722. The van der Waals surface area contributed by atoms with Crippen LogP contribution in [-0.4, -0.2) is 41.3 Å². The van der Waals surface area contributed by atoms with Gasteiger partial charge in [0.25, 0.3) is 0 Å². The van der Waals surface area contributed by atoms with Crippen LogP contribution >= 0.6 is 11.6 Å². The van der Waals surface area contributed by atoms with Crippen molar-refractivity contribution in [3.05, 3.63) is 58.9 Å². The van der Waals surface area contributed by atoms with E-state index in [1.54, 1.807) is 12.0 Å². The number of aromatic nitrogens is 1. The first-order valence-electron chi connectivity index (χ1n) is 8.73. The van der Waals surface area contributed by atoms with Crippen molar-refractivity contribution < 1.29 is 9.53 Å². The van der Waals surface area contributed by atoms with Gasteiger partial charge < -0.3 is 19.5 Å². The van der Waals surface area contributed by atoms with E-state index in [2.05, 4.69) is 9.88 Å². The van der Waals surface area contributed by atoms with E-state index in [0.29, 0.717) is 26.2 Å². The lowest BCUT2D eigenvalue weighted by atomic mass is 10.1. The van der Waals surface area contributed by atoms with E-state index in [9.17, 15) is 4.79 Å². The van der Waals surface area contributed by atoms with E-state index < -0.39 is 0 Å². The first-order valence-corrected chi connectivity index (χ1v) is 9.11. The smallest absolute Gasteiger partial charge is 0.318 e. The number of nitrogens with zero attached hydrogens (tertiary/aromatic N) is 2. The number of benzene rings is 1. The summed E-state index contributed by atoms with van der Waals surface area (Å²) in [6.07, 6.45) is 2.02. The number of ether oxygens (including phenoxy) is 1. The molecular weight excluding hydrogens is 350 g/mol. The van der Waals surface area contributed by atoms with Crippen molar-refractivity contribution in [2.75, 3.05) is 20.3 Å². The lowest BCUT2D eigenvalue weighted by molar-refractivity contribution is 0.141. The summed E-state index contributed by atoms with van der Waals surface area (Å²) in [7, 11) is 1.64. The van der Waals surface area contributed by atoms with Crippen LogP contribution in [0, 0.1) is 0 Å². The number of urea groups is 1. The maximum atomic E-state index is 12.6. The molecule has 6 heteroatoms. The van der Waals surface area contributed by atoms with Gasteiger partial charge in [-0.1, -0.05) is 23.7 Å². The second-order valence-corrected chi connectivity index (χ2v) is 7.79. The van der Waals surface area contributed by atoms with Gasteiger partial charge in [0.05, 0.1) is 13.2 Å². The number of amides is 2. The molecule has 1 aromatic heterocycles. The minimum absolute atomic E-state index is 0.0925. The number of hydrogen-bond acceptors (Lipinski definition) is 2. The van der Waals surface area contributed by atoms with E-state index >= 15 is 0 Å². The highest BCUT2D eigenvalue weighted by atomic mass is 35.5. The highest BCUT2D eigenvalue weighted by molar-refractivity contribution is 6.30. The first kappa shape index (κ1) is 20.3. The molecule has 0 bridgehead atoms. The summed E-state index contributed by atoms with van der Waals surface area (Å²) < 4.78 is 7.30. The maximum Gasteiger partial charge on any atom is 0.318 e. The standard InChI is InChI=1S/C20H28ClN3O2/c1-20(2,3)22-19(25)24(11-12-26-4)15-18-9-6-10-23(18)14-16-7-5-8-17(21)13-16/h5-10,13H,11-12,14-15H2,1-4H3,(H,22,25). The summed E-state index contributed by atoms with van der Waals surface area (Å²) in [5, 5.41) is 3.75. The van der Waals surface area contributed by atoms with Crippen LogP contribution in [0.2, 0.25) is 5.02 Å². The van der Waals surface area contributed by atoms with Gasteiger partial charge in [0.1, 0.15) is 0 Å². The van der Waals surface area contributed by atoms with Crippen LogP contribution in [0.4, 0.5) is 4.79 Å². The Hall–Kier alpha value is -1.98. The highest BCUT2D eigenvalue weighted by Crippen LogP contribution is 2.15. The summed E-state index contributed by atoms with van der Waals surface area (Å²) in [5.74, 6) is 0. The predicted octanol–water partition coefficient (Wildman–Crippen LogP) is 4.15. The van der Waals surface area contributed by atoms with Crippen LogP contribution < -0.4 is 5.32 Å². The van der Waals surface area contributed by atoms with Crippen molar-refractivity contribution >= 4 is 17.6 Å². The summed E-state index contributed by atoms with van der Waals surface area (Å²) in [5.41, 5.74) is 1.90. The van der Waals surface area contributed by atoms with Gasteiger partial charge in [0, 0.05) is 42.7 Å². The molecule has 5 nitrogen and oxygen atoms in total. The largest absolute Gasteiger partial charge is 0.383 e. The lowest BCUT2D eigenvalue weighted by Gasteiger charge is -2.28. The molecule has 0 aliphatic rings. The molecule has 0 fully saturated rings. The number of nitrogens with one attached hydrogen (secondary N) is 1. The summed E-state index contributed by atoms with van der Waals surface area (Å²) in [6.45, 7) is 8.16. The number of hydrogen-bond donors (Lipinski definition) is 1. The normalized spacial score (nSPS) is 11.4. The number of carbonyl (C=O) groups excluding carboxylic acids is 1. The molecule has 2 aromatic rings. The Morgan fingerprint density at radius 2 is 2.04 bits per heavy atom. The minimum atomic E-state index is -0.287. The Kier molecular flexibility index (Phi) is 7.12. The molecule has 0 unspecified atom stereocenters. The molecule has 0 aliphatic carbocycles. The van der Waals surface area contributed by atoms with Crippen molar-refractivity contribution in [3.63, 3.8) is 0 Å². The predicted molar refractivity (Wildman–Crippen MR) is 106 cm³/mol. The summed E-state index contributed by atoms with van der Waals surface area (Å²) >= 11 is 6.09. The molecular formula is C20H28ClN3O2. The van der Waals surface area contributed by atoms with E-state index in [1.165, 1.54) is 0 Å². The highest BCUT2D eigenvalue weighted by Gasteiger charge is 2.20. The molecule has 26 heavy (non-hydrogen) atoms. The maximum absolute atomic E-state index is 12.6. The molecule has 0 radical (unpaired) electrons. The Balaban J connectivity index is 2.13. The van der Waals surface area contributed by atoms with Gasteiger partial charge in [-0.2, -0.15) is 0 Å². The Morgan fingerprint density at radius 3 is 2.69 bits per heavy atom. The van der Waals surface area contributed by atoms with Crippen molar-refractivity contribution in [3.8, 4) is 0 Å². The fourth-order valence-electron chi connectivity index (χ4n) is 2.63. The average molecular weight is 378 g/mol. The SMILES string of the molecule is COCCN(Cc1cccn1Cc1cccc(Cl)c1)C(=O)NC(C)(C)C. The summed E-state index contributed by atoms with van der Waals surface area (Å²) in [6, 6.07) is 11.8. The van der Waals surface area contributed by atoms with E-state index in [1.807, 2.05) is 63.4 Å². The van der Waals surface area contributed by atoms with Crippen LogP contribution in [0.5, 0.6) is 0 Å². The van der Waals surface area contributed by atoms with Gasteiger partial charge in [-0.25, -0.2) is 4.79 Å². The number of halogens is 1. The number of carbonyl (C=O) groups is 1. The van der Waals surface area contributed by atoms with Gasteiger partial charge in [-0.3, -0.25) is 0 Å². The number of rotatable bonds is 7. The van der Waals surface area contributed by atoms with Crippen LogP contribution in [-0.2, 0) is 17.8 Å². The second kappa shape index (κ2) is 9.10.